The number of benzene rings is 1. The highest BCUT2D eigenvalue weighted by atomic mass is 35.5. The highest BCUT2D eigenvalue weighted by molar-refractivity contribution is 6.30. The van der Waals surface area contributed by atoms with Crippen molar-refractivity contribution in [1.82, 2.24) is 15.2 Å². The van der Waals surface area contributed by atoms with Gasteiger partial charge < -0.3 is 19.7 Å². The van der Waals surface area contributed by atoms with Crippen LogP contribution in [0.3, 0.4) is 0 Å². The van der Waals surface area contributed by atoms with Gasteiger partial charge in [0.25, 0.3) is 0 Å². The Balaban J connectivity index is 1.56. The van der Waals surface area contributed by atoms with E-state index in [1.54, 1.807) is 4.90 Å². The van der Waals surface area contributed by atoms with Crippen LogP contribution in [0.15, 0.2) is 18.2 Å². The van der Waals surface area contributed by atoms with Gasteiger partial charge in [-0.3, -0.25) is 0 Å². The Morgan fingerprint density at radius 2 is 2.00 bits per heavy atom. The maximum atomic E-state index is 13.2. The van der Waals surface area contributed by atoms with Crippen molar-refractivity contribution in [2.75, 3.05) is 26.4 Å². The van der Waals surface area contributed by atoms with Gasteiger partial charge in [-0.2, -0.15) is 0 Å². The molecule has 2 amide bonds. The minimum Gasteiger partial charge on any atom is -0.376 e. The zero-order valence-corrected chi connectivity index (χ0v) is 19.2. The molecule has 1 aromatic carbocycles. The lowest BCUT2D eigenvalue weighted by Crippen LogP contribution is -2.49. The third kappa shape index (κ3) is 5.68. The van der Waals surface area contributed by atoms with Crippen molar-refractivity contribution in [3.8, 4) is 0 Å². The van der Waals surface area contributed by atoms with Gasteiger partial charge in [-0.15, -0.1) is 0 Å². The van der Waals surface area contributed by atoms with Crippen molar-refractivity contribution in [3.63, 3.8) is 0 Å². The van der Waals surface area contributed by atoms with E-state index in [1.807, 2.05) is 6.92 Å². The number of hydrogen-bond acceptors (Lipinski definition) is 4. The van der Waals surface area contributed by atoms with Crippen molar-refractivity contribution >= 4 is 28.5 Å². The molecule has 1 aromatic heterocycles. The Morgan fingerprint density at radius 3 is 2.74 bits per heavy atom. The molecule has 1 aliphatic heterocycles. The van der Waals surface area contributed by atoms with Gasteiger partial charge in [-0.05, 0) is 44.4 Å². The minimum absolute atomic E-state index is 0.0716. The molecular formula is C24H32ClN3O3. The largest absolute Gasteiger partial charge is 0.376 e. The molecule has 168 valence electrons. The molecule has 0 radical (unpaired) electrons. The third-order valence-electron chi connectivity index (χ3n) is 6.17. The van der Waals surface area contributed by atoms with E-state index < -0.39 is 0 Å². The second-order valence-corrected chi connectivity index (χ2v) is 9.18. The molecular weight excluding hydrogens is 414 g/mol. The van der Waals surface area contributed by atoms with Gasteiger partial charge in [0.2, 0.25) is 0 Å². The molecule has 2 heterocycles. The monoisotopic (exact) mass is 445 g/mol. The van der Waals surface area contributed by atoms with E-state index in [4.69, 9.17) is 21.1 Å². The number of nitrogens with one attached hydrogen (secondary N) is 1. The summed E-state index contributed by atoms with van der Waals surface area (Å²) in [5.41, 5.74) is 4.03. The fourth-order valence-electron chi connectivity index (χ4n) is 4.61. The first kappa shape index (κ1) is 22.3. The van der Waals surface area contributed by atoms with Gasteiger partial charge in [0, 0.05) is 17.0 Å². The number of pyridine rings is 1. The standard InChI is InChI=1S/C24H32ClN3O3/c1-16-10-17(2)22-18(11-16)12-19(23(25)27-22)13-28(14-21-15-30-8-9-31-21)24(29)26-20-6-4-3-5-7-20/h10-12,20-21H,3-9,13-15H2,1-2H3,(H,26,29). The lowest BCUT2D eigenvalue weighted by molar-refractivity contribution is -0.0947. The molecule has 6 nitrogen and oxygen atoms in total. The molecule has 1 aliphatic carbocycles. The summed E-state index contributed by atoms with van der Waals surface area (Å²) >= 11 is 6.57. The van der Waals surface area contributed by atoms with E-state index in [9.17, 15) is 4.79 Å². The van der Waals surface area contributed by atoms with Crippen LogP contribution in [-0.4, -0.2) is 54.4 Å². The van der Waals surface area contributed by atoms with Crippen LogP contribution in [0, 0.1) is 13.8 Å². The van der Waals surface area contributed by atoms with Crippen LogP contribution in [0.5, 0.6) is 0 Å². The number of carbonyl (C=O) groups is 1. The second-order valence-electron chi connectivity index (χ2n) is 8.82. The van der Waals surface area contributed by atoms with Gasteiger partial charge in [0.1, 0.15) is 5.15 Å². The average molecular weight is 446 g/mol. The van der Waals surface area contributed by atoms with Gasteiger partial charge >= 0.3 is 6.03 Å². The smallest absolute Gasteiger partial charge is 0.318 e. The van der Waals surface area contributed by atoms with E-state index in [1.165, 1.54) is 24.8 Å². The maximum Gasteiger partial charge on any atom is 0.318 e. The number of rotatable bonds is 5. The minimum atomic E-state index is -0.137. The zero-order valence-electron chi connectivity index (χ0n) is 18.5. The van der Waals surface area contributed by atoms with E-state index >= 15 is 0 Å². The summed E-state index contributed by atoms with van der Waals surface area (Å²) in [6, 6.07) is 6.44. The van der Waals surface area contributed by atoms with Gasteiger partial charge in [0.05, 0.1) is 44.5 Å². The van der Waals surface area contributed by atoms with Crippen LogP contribution >= 0.6 is 11.6 Å². The summed E-state index contributed by atoms with van der Waals surface area (Å²) in [5, 5.41) is 4.71. The van der Waals surface area contributed by atoms with Crippen LogP contribution in [0.2, 0.25) is 5.15 Å². The fraction of sp³-hybridized carbons (Fsp3) is 0.583. The molecule has 1 unspecified atom stereocenters. The Hall–Kier alpha value is -1.89. The Bertz CT molecular complexity index is 924. The van der Waals surface area contributed by atoms with Crippen molar-refractivity contribution in [1.29, 1.82) is 0 Å². The summed E-state index contributed by atoms with van der Waals surface area (Å²) in [6.07, 6.45) is 5.54. The summed E-state index contributed by atoms with van der Waals surface area (Å²) in [4.78, 5) is 19.7. The summed E-state index contributed by atoms with van der Waals surface area (Å²) < 4.78 is 11.4. The predicted octanol–water partition coefficient (Wildman–Crippen LogP) is 4.76. The predicted molar refractivity (Wildman–Crippen MR) is 123 cm³/mol. The molecule has 2 aromatic rings. The molecule has 1 saturated carbocycles. The van der Waals surface area contributed by atoms with Crippen LogP contribution in [0.25, 0.3) is 10.9 Å². The van der Waals surface area contributed by atoms with Crippen LogP contribution in [-0.2, 0) is 16.0 Å². The number of halogens is 1. The maximum absolute atomic E-state index is 13.2. The highest BCUT2D eigenvalue weighted by Gasteiger charge is 2.25. The molecule has 7 heteroatoms. The number of urea groups is 1. The lowest BCUT2D eigenvalue weighted by atomic mass is 9.96. The SMILES string of the molecule is Cc1cc(C)c2nc(Cl)c(CN(CC3COCCO3)C(=O)NC3CCCCC3)cc2c1. The van der Waals surface area contributed by atoms with Crippen molar-refractivity contribution in [2.45, 2.75) is 64.6 Å². The first-order valence-electron chi connectivity index (χ1n) is 11.3. The van der Waals surface area contributed by atoms with E-state index in [0.29, 0.717) is 38.1 Å². The second kappa shape index (κ2) is 10.2. The normalized spacial score (nSPS) is 20.0. The van der Waals surface area contributed by atoms with Gasteiger partial charge in [-0.1, -0.05) is 42.5 Å². The number of amides is 2. The molecule has 4 rings (SSSR count). The number of hydrogen-bond donors (Lipinski definition) is 1. The summed E-state index contributed by atoms with van der Waals surface area (Å²) in [5.74, 6) is 0. The zero-order chi connectivity index (χ0) is 21.8. The quantitative estimate of drug-likeness (QED) is 0.673. The van der Waals surface area contributed by atoms with Crippen molar-refractivity contribution in [3.05, 3.63) is 40.0 Å². The van der Waals surface area contributed by atoms with Crippen LogP contribution < -0.4 is 5.32 Å². The first-order chi connectivity index (χ1) is 15.0. The molecule has 0 bridgehead atoms. The number of fused-ring (bicyclic) bond motifs is 1. The molecule has 1 N–H and O–H groups in total. The molecule has 2 fully saturated rings. The first-order valence-corrected chi connectivity index (χ1v) is 11.7. The topological polar surface area (TPSA) is 63.7 Å². The number of nitrogens with zero attached hydrogens (tertiary/aromatic N) is 2. The van der Waals surface area contributed by atoms with Crippen LogP contribution in [0.1, 0.15) is 48.8 Å². The highest BCUT2D eigenvalue weighted by Crippen LogP contribution is 2.26. The van der Waals surface area contributed by atoms with E-state index in [0.717, 1.165) is 34.9 Å². The number of carbonyl (C=O) groups excluding carboxylic acids is 1. The molecule has 0 spiro atoms. The van der Waals surface area contributed by atoms with Crippen molar-refractivity contribution < 1.29 is 14.3 Å². The van der Waals surface area contributed by atoms with Gasteiger partial charge in [0.15, 0.2) is 0 Å². The lowest BCUT2D eigenvalue weighted by Gasteiger charge is -2.32. The Morgan fingerprint density at radius 1 is 1.19 bits per heavy atom. The summed E-state index contributed by atoms with van der Waals surface area (Å²) in [7, 11) is 0. The number of ether oxygens (including phenoxy) is 2. The Labute approximate surface area is 189 Å². The number of aryl methyl sites for hydroxylation is 2. The van der Waals surface area contributed by atoms with E-state index in [2.05, 4.69) is 35.4 Å². The van der Waals surface area contributed by atoms with Crippen molar-refractivity contribution in [2.24, 2.45) is 0 Å². The Kier molecular flexibility index (Phi) is 7.31. The molecule has 31 heavy (non-hydrogen) atoms. The third-order valence-corrected chi connectivity index (χ3v) is 6.50. The average Bonchev–Trinajstić information content (AvgIpc) is 2.76. The molecule has 1 saturated heterocycles. The van der Waals surface area contributed by atoms with E-state index in [-0.39, 0.29) is 18.2 Å². The molecule has 2 aliphatic rings. The summed E-state index contributed by atoms with van der Waals surface area (Å²) in [6.45, 7) is 6.61. The number of aromatic nitrogens is 1. The van der Waals surface area contributed by atoms with Crippen LogP contribution in [0.4, 0.5) is 4.79 Å². The fourth-order valence-corrected chi connectivity index (χ4v) is 4.81. The molecule has 1 atom stereocenters. The van der Waals surface area contributed by atoms with Gasteiger partial charge in [-0.25, -0.2) is 9.78 Å².